The first-order valence-corrected chi connectivity index (χ1v) is 8.69. The molecule has 7 heteroatoms. The third-order valence-corrected chi connectivity index (χ3v) is 6.04. The highest BCUT2D eigenvalue weighted by molar-refractivity contribution is 7.89. The maximum Gasteiger partial charge on any atom is 0.260 e. The van der Waals surface area contributed by atoms with E-state index in [2.05, 4.69) is 15.5 Å². The number of hydrogen-bond acceptors (Lipinski definition) is 4. The lowest BCUT2D eigenvalue weighted by Gasteiger charge is -2.37. The molecule has 0 amide bonds. The van der Waals surface area contributed by atoms with E-state index in [1.807, 2.05) is 20.8 Å². The normalized spacial score (nSPS) is 24.9. The van der Waals surface area contributed by atoms with Crippen LogP contribution in [0.3, 0.4) is 0 Å². The molecule has 1 aliphatic rings. The SMILES string of the molecule is CCNCc1cn[nH]c1S(=O)(=O)N1[C@H](C)CCC[C@@H]1C. The number of rotatable bonds is 5. The van der Waals surface area contributed by atoms with Crippen molar-refractivity contribution in [2.45, 2.75) is 63.7 Å². The van der Waals surface area contributed by atoms with Gasteiger partial charge in [-0.25, -0.2) is 8.42 Å². The highest BCUT2D eigenvalue weighted by Crippen LogP contribution is 2.29. The van der Waals surface area contributed by atoms with Gasteiger partial charge in [-0.1, -0.05) is 13.3 Å². The van der Waals surface area contributed by atoms with Crippen LogP contribution in [0.2, 0.25) is 0 Å². The Labute approximate surface area is 121 Å². The van der Waals surface area contributed by atoms with Gasteiger partial charge in [0, 0.05) is 24.2 Å². The topological polar surface area (TPSA) is 78.1 Å². The number of H-pyrrole nitrogens is 1. The molecule has 1 aromatic heterocycles. The summed E-state index contributed by atoms with van der Waals surface area (Å²) in [5.41, 5.74) is 0.705. The molecule has 1 fully saturated rings. The molecule has 2 N–H and O–H groups in total. The summed E-state index contributed by atoms with van der Waals surface area (Å²) in [7, 11) is -3.50. The van der Waals surface area contributed by atoms with Crippen LogP contribution in [-0.4, -0.2) is 41.5 Å². The van der Waals surface area contributed by atoms with E-state index in [1.165, 1.54) is 0 Å². The zero-order chi connectivity index (χ0) is 14.8. The highest BCUT2D eigenvalue weighted by atomic mass is 32.2. The van der Waals surface area contributed by atoms with E-state index in [-0.39, 0.29) is 17.1 Å². The molecule has 0 saturated carbocycles. The minimum Gasteiger partial charge on any atom is -0.313 e. The van der Waals surface area contributed by atoms with Crippen molar-refractivity contribution in [3.63, 3.8) is 0 Å². The lowest BCUT2D eigenvalue weighted by molar-refractivity contribution is 0.203. The Hall–Kier alpha value is -0.920. The summed E-state index contributed by atoms with van der Waals surface area (Å²) in [5.74, 6) is 0. The van der Waals surface area contributed by atoms with E-state index < -0.39 is 10.0 Å². The molecular weight excluding hydrogens is 276 g/mol. The molecule has 0 spiro atoms. The standard InChI is InChI=1S/C13H24N4O2S/c1-4-14-8-12-9-15-16-13(12)20(18,19)17-10(2)6-5-7-11(17)3/h9-11,14H,4-8H2,1-3H3,(H,15,16)/t10-,11+. The Morgan fingerprint density at radius 3 is 2.65 bits per heavy atom. The van der Waals surface area contributed by atoms with E-state index >= 15 is 0 Å². The molecule has 114 valence electrons. The number of sulfonamides is 1. The number of nitrogens with zero attached hydrogens (tertiary/aromatic N) is 2. The molecule has 0 aromatic carbocycles. The number of hydrogen-bond donors (Lipinski definition) is 2. The number of aromatic amines is 1. The van der Waals surface area contributed by atoms with Crippen LogP contribution in [0.4, 0.5) is 0 Å². The highest BCUT2D eigenvalue weighted by Gasteiger charge is 2.37. The van der Waals surface area contributed by atoms with Crippen LogP contribution >= 0.6 is 0 Å². The van der Waals surface area contributed by atoms with Crippen molar-refractivity contribution in [3.05, 3.63) is 11.8 Å². The fourth-order valence-corrected chi connectivity index (χ4v) is 4.88. The van der Waals surface area contributed by atoms with E-state index in [0.29, 0.717) is 12.1 Å². The Balaban J connectivity index is 2.32. The summed E-state index contributed by atoms with van der Waals surface area (Å²) in [6, 6.07) is 0.0815. The Morgan fingerprint density at radius 1 is 1.40 bits per heavy atom. The first-order valence-electron chi connectivity index (χ1n) is 7.25. The van der Waals surface area contributed by atoms with Gasteiger partial charge in [0.2, 0.25) is 0 Å². The number of piperidine rings is 1. The zero-order valence-electron chi connectivity index (χ0n) is 12.4. The molecule has 2 heterocycles. The van der Waals surface area contributed by atoms with Crippen molar-refractivity contribution in [1.29, 1.82) is 0 Å². The van der Waals surface area contributed by atoms with Gasteiger partial charge in [0.15, 0.2) is 5.03 Å². The molecular formula is C13H24N4O2S. The van der Waals surface area contributed by atoms with Gasteiger partial charge in [-0.05, 0) is 33.2 Å². The summed E-state index contributed by atoms with van der Waals surface area (Å²) in [4.78, 5) is 0. The minimum absolute atomic E-state index is 0.0408. The second kappa shape index (κ2) is 6.24. The van der Waals surface area contributed by atoms with Crippen LogP contribution in [0.15, 0.2) is 11.2 Å². The molecule has 1 aliphatic heterocycles. The molecule has 6 nitrogen and oxygen atoms in total. The van der Waals surface area contributed by atoms with Gasteiger partial charge < -0.3 is 5.32 Å². The van der Waals surface area contributed by atoms with Crippen molar-refractivity contribution >= 4 is 10.0 Å². The molecule has 20 heavy (non-hydrogen) atoms. The molecule has 0 bridgehead atoms. The van der Waals surface area contributed by atoms with Gasteiger partial charge in [-0.3, -0.25) is 5.10 Å². The van der Waals surface area contributed by atoms with E-state index in [9.17, 15) is 8.42 Å². The van der Waals surface area contributed by atoms with Gasteiger partial charge in [-0.2, -0.15) is 9.40 Å². The van der Waals surface area contributed by atoms with Crippen LogP contribution in [0.25, 0.3) is 0 Å². The number of aromatic nitrogens is 2. The fourth-order valence-electron chi connectivity index (χ4n) is 2.88. The second-order valence-electron chi connectivity index (χ2n) is 5.47. The van der Waals surface area contributed by atoms with E-state index in [0.717, 1.165) is 25.8 Å². The molecule has 1 saturated heterocycles. The number of nitrogens with one attached hydrogen (secondary N) is 2. The van der Waals surface area contributed by atoms with Crippen LogP contribution in [-0.2, 0) is 16.6 Å². The van der Waals surface area contributed by atoms with Crippen molar-refractivity contribution in [1.82, 2.24) is 19.8 Å². The summed E-state index contributed by atoms with van der Waals surface area (Å²) < 4.78 is 27.4. The summed E-state index contributed by atoms with van der Waals surface area (Å²) in [6.45, 7) is 7.25. The first-order chi connectivity index (χ1) is 9.48. The molecule has 0 unspecified atom stereocenters. The summed E-state index contributed by atoms with van der Waals surface area (Å²) >= 11 is 0. The van der Waals surface area contributed by atoms with Gasteiger partial charge in [0.05, 0.1) is 6.20 Å². The summed E-state index contributed by atoms with van der Waals surface area (Å²) in [5, 5.41) is 9.97. The zero-order valence-corrected chi connectivity index (χ0v) is 13.2. The Kier molecular flexibility index (Phi) is 4.82. The predicted octanol–water partition coefficient (Wildman–Crippen LogP) is 1.47. The molecule has 2 atom stereocenters. The maximum absolute atomic E-state index is 12.9. The van der Waals surface area contributed by atoms with Crippen molar-refractivity contribution < 1.29 is 8.42 Å². The van der Waals surface area contributed by atoms with Crippen molar-refractivity contribution in [3.8, 4) is 0 Å². The van der Waals surface area contributed by atoms with Crippen molar-refractivity contribution in [2.75, 3.05) is 6.54 Å². The van der Waals surface area contributed by atoms with Crippen LogP contribution in [0.5, 0.6) is 0 Å². The van der Waals surface area contributed by atoms with E-state index in [1.54, 1.807) is 10.5 Å². The largest absolute Gasteiger partial charge is 0.313 e. The summed E-state index contributed by atoms with van der Waals surface area (Å²) in [6.07, 6.45) is 4.51. The Morgan fingerprint density at radius 2 is 2.05 bits per heavy atom. The van der Waals surface area contributed by atoms with Crippen LogP contribution in [0.1, 0.15) is 45.6 Å². The third kappa shape index (κ3) is 2.89. The van der Waals surface area contributed by atoms with Crippen LogP contribution in [0, 0.1) is 0 Å². The predicted molar refractivity (Wildman–Crippen MR) is 77.8 cm³/mol. The van der Waals surface area contributed by atoms with Gasteiger partial charge in [-0.15, -0.1) is 0 Å². The maximum atomic E-state index is 12.9. The van der Waals surface area contributed by atoms with Gasteiger partial charge in [0.1, 0.15) is 0 Å². The molecule has 0 radical (unpaired) electrons. The lowest BCUT2D eigenvalue weighted by atomic mass is 10.0. The molecule has 0 aliphatic carbocycles. The second-order valence-corrected chi connectivity index (χ2v) is 7.25. The minimum atomic E-state index is -3.50. The lowest BCUT2D eigenvalue weighted by Crippen LogP contribution is -2.47. The smallest absolute Gasteiger partial charge is 0.260 e. The van der Waals surface area contributed by atoms with Crippen LogP contribution < -0.4 is 5.32 Å². The third-order valence-electron chi connectivity index (χ3n) is 3.89. The fraction of sp³-hybridized carbons (Fsp3) is 0.769. The van der Waals surface area contributed by atoms with E-state index in [4.69, 9.17) is 0 Å². The van der Waals surface area contributed by atoms with Gasteiger partial charge in [0.25, 0.3) is 10.0 Å². The molecule has 2 rings (SSSR count). The Bertz CT molecular complexity index is 530. The van der Waals surface area contributed by atoms with Gasteiger partial charge >= 0.3 is 0 Å². The average Bonchev–Trinajstić information content (AvgIpc) is 2.84. The molecule has 1 aromatic rings. The average molecular weight is 300 g/mol. The first kappa shape index (κ1) is 15.5. The quantitative estimate of drug-likeness (QED) is 0.863. The van der Waals surface area contributed by atoms with Crippen molar-refractivity contribution in [2.24, 2.45) is 0 Å². The monoisotopic (exact) mass is 300 g/mol.